The summed E-state index contributed by atoms with van der Waals surface area (Å²) in [5.41, 5.74) is 3.22. The van der Waals surface area contributed by atoms with Gasteiger partial charge in [-0.15, -0.1) is 11.6 Å². The van der Waals surface area contributed by atoms with Gasteiger partial charge in [-0.2, -0.15) is 5.06 Å². The Bertz CT molecular complexity index is 1020. The van der Waals surface area contributed by atoms with E-state index in [1.807, 2.05) is 37.3 Å². The lowest BCUT2D eigenvalue weighted by molar-refractivity contribution is -0.181. The molecular weight excluding hydrogens is 486 g/mol. The van der Waals surface area contributed by atoms with E-state index in [1.54, 1.807) is 5.06 Å². The lowest BCUT2D eigenvalue weighted by Crippen LogP contribution is -2.46. The Morgan fingerprint density at radius 2 is 1.95 bits per heavy atom. The van der Waals surface area contributed by atoms with Gasteiger partial charge >= 0.3 is 0 Å². The molecule has 1 aliphatic heterocycles. The zero-order valence-corrected chi connectivity index (χ0v) is 22.8. The topological polar surface area (TPSA) is 65.0 Å². The second-order valence-electron chi connectivity index (χ2n) is 9.58. The fourth-order valence-corrected chi connectivity index (χ4v) is 4.87. The third-order valence-corrected chi connectivity index (χ3v) is 6.90. The molecule has 0 aromatic heterocycles. The van der Waals surface area contributed by atoms with E-state index in [-0.39, 0.29) is 18.4 Å². The van der Waals surface area contributed by atoms with E-state index in [1.165, 1.54) is 5.56 Å². The molecule has 0 radical (unpaired) electrons. The normalized spacial score (nSPS) is 19.5. The van der Waals surface area contributed by atoms with Gasteiger partial charge in [0, 0.05) is 36.9 Å². The average molecular weight is 526 g/mol. The minimum Gasteiger partial charge on any atom is -0.394 e. The summed E-state index contributed by atoms with van der Waals surface area (Å²) in [6.45, 7) is 4.73. The van der Waals surface area contributed by atoms with Crippen LogP contribution in [-0.4, -0.2) is 65.7 Å². The molecule has 1 heterocycles. The Hall–Kier alpha value is -2.40. The van der Waals surface area contributed by atoms with Crippen molar-refractivity contribution in [3.8, 4) is 11.8 Å². The predicted molar refractivity (Wildman–Crippen MR) is 149 cm³/mol. The minimum absolute atomic E-state index is 0.0504. The largest absolute Gasteiger partial charge is 0.394 e. The van der Waals surface area contributed by atoms with E-state index in [0.717, 1.165) is 49.9 Å². The second-order valence-corrected chi connectivity index (χ2v) is 9.96. The van der Waals surface area contributed by atoms with Crippen LogP contribution in [0.1, 0.15) is 49.3 Å². The van der Waals surface area contributed by atoms with Crippen LogP contribution in [0.15, 0.2) is 54.6 Å². The molecule has 3 rings (SSSR count). The predicted octanol–water partition coefficient (Wildman–Crippen LogP) is 4.20. The lowest BCUT2D eigenvalue weighted by atomic mass is 9.91. The number of alkyl halides is 1. The third kappa shape index (κ3) is 9.14. The van der Waals surface area contributed by atoms with Crippen LogP contribution in [0.3, 0.4) is 0 Å². The molecule has 2 aromatic carbocycles. The fraction of sp³-hybridized carbons (Fsp3) is 0.500. The van der Waals surface area contributed by atoms with E-state index in [4.69, 9.17) is 16.4 Å². The molecule has 1 fully saturated rings. The Morgan fingerprint density at radius 1 is 1.16 bits per heavy atom. The molecule has 2 N–H and O–H groups in total. The summed E-state index contributed by atoms with van der Waals surface area (Å²) in [5.74, 6) is 6.82. The molecular formula is C30H40ClN3O3. The molecule has 1 saturated heterocycles. The fourth-order valence-electron chi connectivity index (χ4n) is 4.74. The monoisotopic (exact) mass is 525 g/mol. The Labute approximate surface area is 226 Å². The van der Waals surface area contributed by atoms with Crippen LogP contribution in [0.4, 0.5) is 0 Å². The maximum Gasteiger partial charge on any atom is 0.240 e. The van der Waals surface area contributed by atoms with E-state index in [9.17, 15) is 9.90 Å². The lowest BCUT2D eigenvalue weighted by Gasteiger charge is -2.25. The summed E-state index contributed by atoms with van der Waals surface area (Å²) >= 11 is 5.73. The molecule has 1 aliphatic rings. The van der Waals surface area contributed by atoms with Crippen LogP contribution in [0.25, 0.3) is 0 Å². The summed E-state index contributed by atoms with van der Waals surface area (Å²) in [5, 5.41) is 14.8. The molecule has 0 spiro atoms. The molecule has 3 atom stereocenters. The van der Waals surface area contributed by atoms with Gasteiger partial charge in [0.05, 0.1) is 13.2 Å². The number of carbonyl (C=O) groups is 1. The summed E-state index contributed by atoms with van der Waals surface area (Å²) in [6.07, 6.45) is 2.84. The number of halogens is 1. The van der Waals surface area contributed by atoms with Crippen molar-refractivity contribution in [3.05, 3.63) is 71.3 Å². The number of hydrogen-bond acceptors (Lipinski definition) is 5. The average Bonchev–Trinajstić information content (AvgIpc) is 3.27. The first-order chi connectivity index (χ1) is 18.0. The number of nitrogens with one attached hydrogen (secondary N) is 1. The van der Waals surface area contributed by atoms with Crippen LogP contribution in [-0.2, 0) is 22.7 Å². The van der Waals surface area contributed by atoms with E-state index in [0.29, 0.717) is 19.0 Å². The Balaban J connectivity index is 1.57. The van der Waals surface area contributed by atoms with Crippen molar-refractivity contribution in [2.75, 3.05) is 32.6 Å². The van der Waals surface area contributed by atoms with Crippen LogP contribution >= 0.6 is 11.6 Å². The van der Waals surface area contributed by atoms with Crippen molar-refractivity contribution >= 4 is 17.5 Å². The number of rotatable bonds is 13. The number of hydrogen-bond donors (Lipinski definition) is 2. The number of aliphatic hydroxyl groups is 1. The summed E-state index contributed by atoms with van der Waals surface area (Å²) in [4.78, 5) is 21.7. The zero-order chi connectivity index (χ0) is 26.5. The molecule has 0 saturated carbocycles. The number of benzene rings is 2. The summed E-state index contributed by atoms with van der Waals surface area (Å²) in [7, 11) is 2.09. The molecule has 6 nitrogen and oxygen atoms in total. The van der Waals surface area contributed by atoms with E-state index < -0.39 is 12.1 Å². The molecule has 0 bridgehead atoms. The number of amides is 1. The van der Waals surface area contributed by atoms with E-state index in [2.05, 4.69) is 53.4 Å². The van der Waals surface area contributed by atoms with Crippen molar-refractivity contribution in [2.45, 2.75) is 57.8 Å². The zero-order valence-electron chi connectivity index (χ0n) is 22.0. The first kappa shape index (κ1) is 29.2. The number of nitrogens with zero attached hydrogens (tertiary/aromatic N) is 2. The highest BCUT2D eigenvalue weighted by atomic mass is 35.5. The van der Waals surface area contributed by atoms with Gasteiger partial charge in [-0.1, -0.05) is 61.2 Å². The first-order valence-electron chi connectivity index (χ1n) is 13.2. The van der Waals surface area contributed by atoms with Crippen molar-refractivity contribution in [1.82, 2.24) is 15.3 Å². The molecule has 0 unspecified atom stereocenters. The van der Waals surface area contributed by atoms with Gasteiger partial charge in [0.2, 0.25) is 5.91 Å². The molecule has 1 amide bonds. The number of carbonyl (C=O) groups excluding carboxylic acids is 1. The van der Waals surface area contributed by atoms with Crippen molar-refractivity contribution in [3.63, 3.8) is 0 Å². The maximum atomic E-state index is 13.3. The summed E-state index contributed by atoms with van der Waals surface area (Å²) in [6, 6.07) is 17.9. The quantitative estimate of drug-likeness (QED) is 0.233. The Morgan fingerprint density at radius 3 is 2.68 bits per heavy atom. The highest BCUT2D eigenvalue weighted by molar-refractivity contribution is 6.17. The molecule has 37 heavy (non-hydrogen) atoms. The summed E-state index contributed by atoms with van der Waals surface area (Å²) < 4.78 is 0. The SMILES string of the molecule is CC[C@H]1[C@@H](CO)ON(Cc2cccc(C#CCCCCl)c2)[C@H]1C(=O)NCCCN(C)Cc1ccccc1. The number of aliphatic hydroxyl groups excluding tert-OH is 1. The van der Waals surface area contributed by atoms with Crippen LogP contribution in [0.2, 0.25) is 0 Å². The van der Waals surface area contributed by atoms with Gasteiger partial charge in [0.25, 0.3) is 0 Å². The highest BCUT2D eigenvalue weighted by Gasteiger charge is 2.45. The van der Waals surface area contributed by atoms with Crippen LogP contribution in [0.5, 0.6) is 0 Å². The molecule has 0 aliphatic carbocycles. The van der Waals surface area contributed by atoms with Gasteiger partial charge in [-0.3, -0.25) is 9.63 Å². The van der Waals surface area contributed by atoms with Gasteiger partial charge in [0.15, 0.2) is 0 Å². The molecule has 2 aromatic rings. The van der Waals surface area contributed by atoms with Crippen molar-refractivity contribution in [2.24, 2.45) is 5.92 Å². The van der Waals surface area contributed by atoms with Crippen molar-refractivity contribution in [1.29, 1.82) is 0 Å². The second kappa shape index (κ2) is 15.8. The van der Waals surface area contributed by atoms with Gasteiger partial charge < -0.3 is 15.3 Å². The van der Waals surface area contributed by atoms with Crippen LogP contribution < -0.4 is 5.32 Å². The number of unbranched alkanes of at least 4 members (excludes halogenated alkanes) is 1. The highest BCUT2D eigenvalue weighted by Crippen LogP contribution is 2.31. The standard InChI is InChI=1S/C30H40ClN3O3/c1-3-27-28(23-35)37-34(22-26-16-10-15-24(20-26)12-8-5-9-17-31)29(27)30(36)32-18-11-19-33(2)21-25-13-6-4-7-14-25/h4,6-7,10,13-16,20,27-29,35H,3,5,9,11,17-19,21-23H2,1-2H3,(H,32,36)/t27-,28+,29+/m0/s1. The number of hydroxylamine groups is 2. The maximum absolute atomic E-state index is 13.3. The van der Waals surface area contributed by atoms with E-state index >= 15 is 0 Å². The minimum atomic E-state index is -0.456. The van der Waals surface area contributed by atoms with Gasteiger partial charge in [0.1, 0.15) is 12.1 Å². The molecule has 7 heteroatoms. The van der Waals surface area contributed by atoms with Crippen LogP contribution in [0, 0.1) is 17.8 Å². The van der Waals surface area contributed by atoms with Crippen molar-refractivity contribution < 1.29 is 14.7 Å². The van der Waals surface area contributed by atoms with Gasteiger partial charge in [-0.05, 0) is 56.1 Å². The molecule has 200 valence electrons. The Kier molecular flexibility index (Phi) is 12.4. The third-order valence-electron chi connectivity index (χ3n) is 6.63. The first-order valence-corrected chi connectivity index (χ1v) is 13.8. The smallest absolute Gasteiger partial charge is 0.240 e. The van der Waals surface area contributed by atoms with Gasteiger partial charge in [-0.25, -0.2) is 0 Å².